The maximum Gasteiger partial charge on any atom is 0.0347 e. The third-order valence-electron chi connectivity index (χ3n) is 3.86. The first kappa shape index (κ1) is 11.3. The molecule has 2 heterocycles. The van der Waals surface area contributed by atoms with E-state index in [-0.39, 0.29) is 0 Å². The van der Waals surface area contributed by atoms with Crippen LogP contribution in [0.4, 0.5) is 0 Å². The molecule has 0 radical (unpaired) electrons. The fourth-order valence-electron chi connectivity index (χ4n) is 2.55. The highest BCUT2D eigenvalue weighted by atomic mass is 15.2. The zero-order chi connectivity index (χ0) is 11.5. The molecule has 1 aromatic rings. The van der Waals surface area contributed by atoms with Crippen LogP contribution in [-0.4, -0.2) is 35.1 Å². The van der Waals surface area contributed by atoms with Crippen LogP contribution in [0, 0.1) is 0 Å². The third-order valence-corrected chi connectivity index (χ3v) is 3.86. The van der Waals surface area contributed by atoms with Crippen LogP contribution in [0.1, 0.15) is 31.2 Å². The minimum absolute atomic E-state index is 0.808. The Morgan fingerprint density at radius 1 is 1.18 bits per heavy atom. The molecule has 1 N–H and O–H groups in total. The molecule has 2 aliphatic rings. The van der Waals surface area contributed by atoms with Crippen LogP contribution in [0.3, 0.4) is 0 Å². The van der Waals surface area contributed by atoms with Crippen LogP contribution in [-0.2, 0) is 13.1 Å². The smallest absolute Gasteiger partial charge is 0.0347 e. The molecule has 0 aromatic carbocycles. The Hall–Kier alpha value is -0.800. The van der Waals surface area contributed by atoms with Crippen molar-refractivity contribution < 1.29 is 0 Å². The lowest BCUT2D eigenvalue weighted by Gasteiger charge is -2.14. The highest BCUT2D eigenvalue weighted by molar-refractivity contribution is 5.10. The highest BCUT2D eigenvalue weighted by Gasteiger charge is 2.20. The van der Waals surface area contributed by atoms with Crippen LogP contribution >= 0.6 is 0 Å². The van der Waals surface area contributed by atoms with E-state index in [1.165, 1.54) is 50.9 Å². The van der Waals surface area contributed by atoms with E-state index in [0.717, 1.165) is 19.1 Å². The second kappa shape index (κ2) is 5.23. The molecule has 0 bridgehead atoms. The van der Waals surface area contributed by atoms with Crippen molar-refractivity contribution in [1.29, 1.82) is 0 Å². The van der Waals surface area contributed by atoms with Gasteiger partial charge in [-0.3, -0.25) is 0 Å². The summed E-state index contributed by atoms with van der Waals surface area (Å²) in [5.41, 5.74) is 1.43. The minimum Gasteiger partial charge on any atom is -0.353 e. The molecule has 17 heavy (non-hydrogen) atoms. The largest absolute Gasteiger partial charge is 0.353 e. The number of likely N-dealkylation sites (tertiary alicyclic amines) is 1. The minimum atomic E-state index is 0.808. The lowest BCUT2D eigenvalue weighted by molar-refractivity contribution is 0.322. The molecule has 3 nitrogen and oxygen atoms in total. The molecule has 0 atom stereocenters. The van der Waals surface area contributed by atoms with Crippen molar-refractivity contribution in [2.24, 2.45) is 0 Å². The van der Waals surface area contributed by atoms with Gasteiger partial charge < -0.3 is 14.8 Å². The summed E-state index contributed by atoms with van der Waals surface area (Å²) in [6.07, 6.45) is 10.0. The van der Waals surface area contributed by atoms with Gasteiger partial charge in [0.15, 0.2) is 0 Å². The molecule has 0 spiro atoms. The Balaban J connectivity index is 1.42. The second-order valence-electron chi connectivity index (χ2n) is 5.46. The van der Waals surface area contributed by atoms with Crippen molar-refractivity contribution in [3.05, 3.63) is 24.0 Å². The molecule has 1 saturated heterocycles. The van der Waals surface area contributed by atoms with Gasteiger partial charge in [0.25, 0.3) is 0 Å². The van der Waals surface area contributed by atoms with Gasteiger partial charge in [0.1, 0.15) is 0 Å². The summed E-state index contributed by atoms with van der Waals surface area (Å²) in [7, 11) is 0. The van der Waals surface area contributed by atoms with Crippen LogP contribution in [0.2, 0.25) is 0 Å². The van der Waals surface area contributed by atoms with E-state index in [0.29, 0.717) is 0 Å². The van der Waals surface area contributed by atoms with Gasteiger partial charge in [-0.05, 0) is 50.4 Å². The van der Waals surface area contributed by atoms with E-state index in [4.69, 9.17) is 0 Å². The molecule has 1 aromatic heterocycles. The Morgan fingerprint density at radius 2 is 2.00 bits per heavy atom. The standard InChI is InChI=1S/C14H23N3/c1-2-7-16(6-1)9-10-17-8-5-13(12-17)11-15-14-3-4-14/h5,8,12,14-15H,1-4,6-7,9-11H2. The van der Waals surface area contributed by atoms with E-state index >= 15 is 0 Å². The van der Waals surface area contributed by atoms with Gasteiger partial charge in [-0.15, -0.1) is 0 Å². The fraction of sp³-hybridized carbons (Fsp3) is 0.714. The quantitative estimate of drug-likeness (QED) is 0.809. The average molecular weight is 233 g/mol. The molecule has 1 aliphatic carbocycles. The van der Waals surface area contributed by atoms with E-state index in [2.05, 4.69) is 33.2 Å². The first-order valence-corrected chi connectivity index (χ1v) is 7.00. The van der Waals surface area contributed by atoms with Crippen LogP contribution in [0.15, 0.2) is 18.5 Å². The number of hydrogen-bond acceptors (Lipinski definition) is 2. The van der Waals surface area contributed by atoms with Gasteiger partial charge in [0.2, 0.25) is 0 Å². The molecule has 1 aliphatic heterocycles. The highest BCUT2D eigenvalue weighted by Crippen LogP contribution is 2.19. The summed E-state index contributed by atoms with van der Waals surface area (Å²) in [5.74, 6) is 0. The maximum absolute atomic E-state index is 3.56. The number of rotatable bonds is 6. The predicted molar refractivity (Wildman–Crippen MR) is 70.0 cm³/mol. The summed E-state index contributed by atoms with van der Waals surface area (Å²) < 4.78 is 2.34. The first-order chi connectivity index (χ1) is 8.40. The summed E-state index contributed by atoms with van der Waals surface area (Å²) in [6.45, 7) is 6.00. The van der Waals surface area contributed by atoms with E-state index < -0.39 is 0 Å². The van der Waals surface area contributed by atoms with Crippen LogP contribution in [0.25, 0.3) is 0 Å². The Morgan fingerprint density at radius 3 is 2.76 bits per heavy atom. The van der Waals surface area contributed by atoms with Crippen molar-refractivity contribution in [2.75, 3.05) is 19.6 Å². The summed E-state index contributed by atoms with van der Waals surface area (Å²) >= 11 is 0. The molecule has 3 rings (SSSR count). The zero-order valence-corrected chi connectivity index (χ0v) is 10.6. The molecule has 0 amide bonds. The van der Waals surface area contributed by atoms with Crippen LogP contribution < -0.4 is 5.32 Å². The average Bonchev–Trinajstić information content (AvgIpc) is 2.86. The van der Waals surface area contributed by atoms with Gasteiger partial charge in [0.05, 0.1) is 0 Å². The Labute approximate surface area is 104 Å². The lowest BCUT2D eigenvalue weighted by atomic mass is 10.3. The molecule has 2 fully saturated rings. The third kappa shape index (κ3) is 3.33. The zero-order valence-electron chi connectivity index (χ0n) is 10.6. The molecule has 3 heteroatoms. The van der Waals surface area contributed by atoms with Crippen LogP contribution in [0.5, 0.6) is 0 Å². The predicted octanol–water partition coefficient (Wildman–Crippen LogP) is 1.84. The maximum atomic E-state index is 3.56. The van der Waals surface area contributed by atoms with Crippen molar-refractivity contribution >= 4 is 0 Å². The molecule has 1 saturated carbocycles. The van der Waals surface area contributed by atoms with Crippen molar-refractivity contribution in [2.45, 2.75) is 44.8 Å². The number of nitrogens with zero attached hydrogens (tertiary/aromatic N) is 2. The topological polar surface area (TPSA) is 20.2 Å². The summed E-state index contributed by atoms with van der Waals surface area (Å²) in [6, 6.07) is 3.06. The van der Waals surface area contributed by atoms with Crippen molar-refractivity contribution in [3.63, 3.8) is 0 Å². The second-order valence-corrected chi connectivity index (χ2v) is 5.46. The molecule has 0 unspecified atom stereocenters. The van der Waals surface area contributed by atoms with Crippen molar-refractivity contribution in [3.8, 4) is 0 Å². The number of hydrogen-bond donors (Lipinski definition) is 1. The Kier molecular flexibility index (Phi) is 3.48. The van der Waals surface area contributed by atoms with Gasteiger partial charge in [-0.25, -0.2) is 0 Å². The van der Waals surface area contributed by atoms with Gasteiger partial charge in [-0.2, -0.15) is 0 Å². The van der Waals surface area contributed by atoms with E-state index in [9.17, 15) is 0 Å². The molecular weight excluding hydrogens is 210 g/mol. The molecule has 94 valence electrons. The van der Waals surface area contributed by atoms with Crippen molar-refractivity contribution in [1.82, 2.24) is 14.8 Å². The summed E-state index contributed by atoms with van der Waals surface area (Å²) in [5, 5.41) is 3.56. The molecular formula is C14H23N3. The lowest BCUT2D eigenvalue weighted by Crippen LogP contribution is -2.23. The SMILES string of the molecule is c1cn(CCN2CCCC2)cc1CNC1CC1. The Bertz CT molecular complexity index is 348. The monoisotopic (exact) mass is 233 g/mol. The first-order valence-electron chi connectivity index (χ1n) is 7.00. The number of aromatic nitrogens is 1. The number of nitrogens with one attached hydrogen (secondary N) is 1. The fourth-order valence-corrected chi connectivity index (χ4v) is 2.55. The van der Waals surface area contributed by atoms with Gasteiger partial charge >= 0.3 is 0 Å². The summed E-state index contributed by atoms with van der Waals surface area (Å²) in [4.78, 5) is 2.57. The van der Waals surface area contributed by atoms with E-state index in [1.54, 1.807) is 0 Å². The van der Waals surface area contributed by atoms with E-state index in [1.807, 2.05) is 0 Å². The normalized spacial score (nSPS) is 21.2. The van der Waals surface area contributed by atoms with Gasteiger partial charge in [-0.1, -0.05) is 0 Å². The van der Waals surface area contributed by atoms with Gasteiger partial charge in [0, 0.05) is 38.1 Å².